The van der Waals surface area contributed by atoms with Crippen molar-refractivity contribution in [3.8, 4) is 5.75 Å². The maximum atomic E-state index is 14.6. The van der Waals surface area contributed by atoms with Crippen LogP contribution < -0.4 is 14.4 Å². The molecule has 1 aliphatic carbocycles. The van der Waals surface area contributed by atoms with Gasteiger partial charge >= 0.3 is 0 Å². The zero-order valence-corrected chi connectivity index (χ0v) is 28.0. The van der Waals surface area contributed by atoms with Crippen molar-refractivity contribution in [2.45, 2.75) is 62.0 Å². The van der Waals surface area contributed by atoms with Crippen molar-refractivity contribution >= 4 is 39.1 Å². The minimum absolute atomic E-state index is 0.00576. The number of benzene rings is 4. The zero-order chi connectivity index (χ0) is 33.2. The average Bonchev–Trinajstić information content (AvgIpc) is 3.10. The fraction of sp³-hybridized carbons (Fsp3) is 0.297. The lowest BCUT2D eigenvalue weighted by Gasteiger charge is -2.35. The molecule has 5 rings (SSSR count). The highest BCUT2D eigenvalue weighted by atomic mass is 35.5. The number of nitrogens with one attached hydrogen (secondary N) is 1. The van der Waals surface area contributed by atoms with Crippen molar-refractivity contribution < 1.29 is 22.7 Å². The van der Waals surface area contributed by atoms with Crippen LogP contribution in [-0.4, -0.2) is 50.9 Å². The van der Waals surface area contributed by atoms with Gasteiger partial charge in [-0.1, -0.05) is 91.5 Å². The number of hydrogen-bond acceptors (Lipinski definition) is 5. The molecule has 0 radical (unpaired) electrons. The molecule has 10 heteroatoms. The van der Waals surface area contributed by atoms with Gasteiger partial charge in [-0.3, -0.25) is 13.9 Å². The van der Waals surface area contributed by atoms with Gasteiger partial charge in [-0.05, 0) is 72.5 Å². The quantitative estimate of drug-likeness (QED) is 0.172. The molecular formula is C37H40ClN3O5S. The minimum Gasteiger partial charge on any atom is -0.497 e. The summed E-state index contributed by atoms with van der Waals surface area (Å²) >= 11 is 6.07. The van der Waals surface area contributed by atoms with E-state index in [1.807, 2.05) is 54.6 Å². The van der Waals surface area contributed by atoms with Crippen LogP contribution in [0, 0.1) is 0 Å². The Morgan fingerprint density at radius 1 is 0.851 bits per heavy atom. The lowest BCUT2D eigenvalue weighted by atomic mass is 9.94. The molecule has 0 aliphatic heterocycles. The molecule has 1 aliphatic rings. The molecular weight excluding hydrogens is 634 g/mol. The summed E-state index contributed by atoms with van der Waals surface area (Å²) in [5.74, 6) is -0.171. The molecule has 0 heterocycles. The summed E-state index contributed by atoms with van der Waals surface area (Å²) in [7, 11) is -2.64. The molecule has 0 unspecified atom stereocenters. The first-order valence-electron chi connectivity index (χ1n) is 15.8. The summed E-state index contributed by atoms with van der Waals surface area (Å²) in [6, 6.07) is 30.3. The smallest absolute Gasteiger partial charge is 0.264 e. The van der Waals surface area contributed by atoms with Crippen molar-refractivity contribution in [2.75, 3.05) is 18.0 Å². The van der Waals surface area contributed by atoms with Crippen LogP contribution in [0.1, 0.15) is 43.2 Å². The van der Waals surface area contributed by atoms with E-state index in [2.05, 4.69) is 5.32 Å². The summed E-state index contributed by atoms with van der Waals surface area (Å²) < 4.78 is 34.8. The summed E-state index contributed by atoms with van der Waals surface area (Å²) in [4.78, 5) is 30.3. The Hall–Kier alpha value is -4.34. The fourth-order valence-electron chi connectivity index (χ4n) is 5.92. The Morgan fingerprint density at radius 2 is 1.49 bits per heavy atom. The van der Waals surface area contributed by atoms with E-state index >= 15 is 0 Å². The number of carbonyl (C=O) groups excluding carboxylic acids is 2. The second-order valence-corrected chi connectivity index (χ2v) is 14.0. The number of anilines is 1. The Kier molecular flexibility index (Phi) is 11.6. The van der Waals surface area contributed by atoms with Crippen LogP contribution in [0.5, 0.6) is 5.75 Å². The van der Waals surface area contributed by atoms with Crippen molar-refractivity contribution in [3.63, 3.8) is 0 Å². The van der Waals surface area contributed by atoms with Crippen LogP contribution in [0.25, 0.3) is 0 Å². The monoisotopic (exact) mass is 673 g/mol. The summed E-state index contributed by atoms with van der Waals surface area (Å²) in [6.45, 7) is -0.462. The standard InChI is InChI=1S/C37H40ClN3O5S/c1-46-33-19-11-14-29(24-33)26-40(35(25-28-12-5-2-6-13-28)37(43)39-31-15-7-3-8-16-31)36(42)27-41(32-17-9-4-10-18-32)47(44,45)34-22-20-30(38)21-23-34/h2,4-6,9-14,17-24,31,35H,3,7-8,15-16,25-27H2,1H3,(H,39,43)/t35-/m0/s1. The number of methoxy groups -OCH3 is 1. The van der Waals surface area contributed by atoms with Crippen LogP contribution in [0.2, 0.25) is 5.02 Å². The van der Waals surface area contributed by atoms with Crippen molar-refractivity contribution in [2.24, 2.45) is 0 Å². The van der Waals surface area contributed by atoms with Gasteiger partial charge in [-0.15, -0.1) is 0 Å². The van der Waals surface area contributed by atoms with E-state index in [0.717, 1.165) is 47.5 Å². The van der Waals surface area contributed by atoms with Gasteiger partial charge < -0.3 is 15.0 Å². The molecule has 4 aromatic rings. The Balaban J connectivity index is 1.56. The summed E-state index contributed by atoms with van der Waals surface area (Å²) in [5, 5.41) is 3.62. The molecule has 2 amide bonds. The van der Waals surface area contributed by atoms with Crippen LogP contribution in [0.3, 0.4) is 0 Å². The SMILES string of the molecule is COc1cccc(CN(C(=O)CN(c2ccccc2)S(=O)(=O)c2ccc(Cl)cc2)[C@@H](Cc2ccccc2)C(=O)NC2CCCCC2)c1. The first kappa shape index (κ1) is 34.0. The third-order valence-corrected chi connectivity index (χ3v) is 10.5. The molecule has 4 aromatic carbocycles. The third-order valence-electron chi connectivity index (χ3n) is 8.43. The number of halogens is 1. The first-order valence-corrected chi connectivity index (χ1v) is 17.7. The highest BCUT2D eigenvalue weighted by Crippen LogP contribution is 2.27. The van der Waals surface area contributed by atoms with Gasteiger partial charge in [0.05, 0.1) is 17.7 Å². The molecule has 8 nitrogen and oxygen atoms in total. The minimum atomic E-state index is -4.20. The van der Waals surface area contributed by atoms with Gasteiger partial charge in [0, 0.05) is 24.0 Å². The summed E-state index contributed by atoms with van der Waals surface area (Å²) in [5.41, 5.74) is 1.95. The van der Waals surface area contributed by atoms with Crippen LogP contribution >= 0.6 is 11.6 Å². The molecule has 0 spiro atoms. The van der Waals surface area contributed by atoms with Gasteiger partial charge in [0.15, 0.2) is 0 Å². The van der Waals surface area contributed by atoms with E-state index in [0.29, 0.717) is 16.5 Å². The highest BCUT2D eigenvalue weighted by Gasteiger charge is 2.35. The average molecular weight is 674 g/mol. The number of sulfonamides is 1. The zero-order valence-electron chi connectivity index (χ0n) is 26.4. The third kappa shape index (κ3) is 8.93. The van der Waals surface area contributed by atoms with Gasteiger partial charge in [0.2, 0.25) is 11.8 Å². The number of amides is 2. The number of hydrogen-bond donors (Lipinski definition) is 1. The predicted octanol–water partition coefficient (Wildman–Crippen LogP) is 6.63. The molecule has 1 atom stereocenters. The number of ether oxygens (including phenoxy) is 1. The number of nitrogens with zero attached hydrogens (tertiary/aromatic N) is 2. The van der Waals surface area contributed by atoms with E-state index in [4.69, 9.17) is 16.3 Å². The van der Waals surface area contributed by atoms with Gasteiger partial charge in [-0.25, -0.2) is 8.42 Å². The Morgan fingerprint density at radius 3 is 2.15 bits per heavy atom. The van der Waals surface area contributed by atoms with Gasteiger partial charge in [0.25, 0.3) is 10.0 Å². The van der Waals surface area contributed by atoms with Crippen LogP contribution in [-0.2, 0) is 32.6 Å². The van der Waals surface area contributed by atoms with E-state index in [9.17, 15) is 18.0 Å². The van der Waals surface area contributed by atoms with E-state index in [1.54, 1.807) is 37.4 Å². The first-order chi connectivity index (χ1) is 22.7. The van der Waals surface area contributed by atoms with Crippen LogP contribution in [0.4, 0.5) is 5.69 Å². The fourth-order valence-corrected chi connectivity index (χ4v) is 7.46. The molecule has 0 bridgehead atoms. The molecule has 0 aromatic heterocycles. The lowest BCUT2D eigenvalue weighted by molar-refractivity contribution is -0.140. The topological polar surface area (TPSA) is 96.0 Å². The molecule has 246 valence electrons. The molecule has 1 fully saturated rings. The molecule has 47 heavy (non-hydrogen) atoms. The number of para-hydroxylation sites is 1. The lowest BCUT2D eigenvalue weighted by Crippen LogP contribution is -2.55. The second kappa shape index (κ2) is 16.0. The Labute approximate surface area is 282 Å². The maximum absolute atomic E-state index is 14.6. The predicted molar refractivity (Wildman–Crippen MR) is 185 cm³/mol. The van der Waals surface area contributed by atoms with Gasteiger partial charge in [0.1, 0.15) is 18.3 Å². The molecule has 1 saturated carbocycles. The highest BCUT2D eigenvalue weighted by molar-refractivity contribution is 7.92. The maximum Gasteiger partial charge on any atom is 0.264 e. The van der Waals surface area contributed by atoms with E-state index < -0.39 is 28.5 Å². The Bertz CT molecular complexity index is 1730. The van der Waals surface area contributed by atoms with Crippen molar-refractivity contribution in [3.05, 3.63) is 125 Å². The van der Waals surface area contributed by atoms with E-state index in [1.165, 1.54) is 29.2 Å². The summed E-state index contributed by atoms with van der Waals surface area (Å²) in [6.07, 6.45) is 5.23. The molecule has 0 saturated heterocycles. The normalized spacial score (nSPS) is 14.2. The molecule has 1 N–H and O–H groups in total. The van der Waals surface area contributed by atoms with Crippen molar-refractivity contribution in [1.29, 1.82) is 0 Å². The van der Waals surface area contributed by atoms with Crippen LogP contribution in [0.15, 0.2) is 114 Å². The van der Waals surface area contributed by atoms with E-state index in [-0.39, 0.29) is 29.8 Å². The number of rotatable bonds is 13. The largest absolute Gasteiger partial charge is 0.497 e. The van der Waals surface area contributed by atoms with Gasteiger partial charge in [-0.2, -0.15) is 0 Å². The second-order valence-electron chi connectivity index (χ2n) is 11.7. The number of carbonyl (C=O) groups is 2. The van der Waals surface area contributed by atoms with Crippen molar-refractivity contribution in [1.82, 2.24) is 10.2 Å².